The van der Waals surface area contributed by atoms with Crippen LogP contribution in [0.5, 0.6) is 0 Å². The molecule has 1 N–H and O–H groups in total. The molecule has 4 rings (SSSR count). The SMILES string of the molecule is CCN1CCN(C(=O)c2cccc(Nc3ncnc4c3cnn4C)c2)CC1. The van der Waals surface area contributed by atoms with Gasteiger partial charge in [0.05, 0.1) is 11.6 Å². The van der Waals surface area contributed by atoms with E-state index in [-0.39, 0.29) is 5.91 Å². The van der Waals surface area contributed by atoms with Gasteiger partial charge < -0.3 is 15.1 Å². The number of aryl methyl sites for hydroxylation is 1. The van der Waals surface area contributed by atoms with Crippen molar-refractivity contribution in [3.63, 3.8) is 0 Å². The summed E-state index contributed by atoms with van der Waals surface area (Å²) in [7, 11) is 1.84. The zero-order valence-electron chi connectivity index (χ0n) is 15.6. The highest BCUT2D eigenvalue weighted by Gasteiger charge is 2.21. The first-order valence-corrected chi connectivity index (χ1v) is 9.17. The summed E-state index contributed by atoms with van der Waals surface area (Å²) in [5.74, 6) is 0.748. The molecule has 3 heterocycles. The molecule has 2 aromatic heterocycles. The fraction of sp³-hybridized carbons (Fsp3) is 0.368. The number of anilines is 2. The first kappa shape index (κ1) is 17.4. The van der Waals surface area contributed by atoms with Crippen LogP contribution in [0, 0.1) is 0 Å². The van der Waals surface area contributed by atoms with E-state index in [1.165, 1.54) is 6.33 Å². The quantitative estimate of drug-likeness (QED) is 0.761. The summed E-state index contributed by atoms with van der Waals surface area (Å²) in [5, 5.41) is 8.36. The number of hydrogen-bond acceptors (Lipinski definition) is 6. The minimum Gasteiger partial charge on any atom is -0.339 e. The van der Waals surface area contributed by atoms with Crippen LogP contribution in [0.3, 0.4) is 0 Å². The van der Waals surface area contributed by atoms with Gasteiger partial charge in [0.1, 0.15) is 12.1 Å². The second kappa shape index (κ2) is 7.32. The lowest BCUT2D eigenvalue weighted by Crippen LogP contribution is -2.48. The fourth-order valence-electron chi connectivity index (χ4n) is 3.38. The van der Waals surface area contributed by atoms with Crippen molar-refractivity contribution in [2.45, 2.75) is 6.92 Å². The van der Waals surface area contributed by atoms with Crippen LogP contribution in [0.15, 0.2) is 36.8 Å². The molecule has 0 atom stereocenters. The van der Waals surface area contributed by atoms with Gasteiger partial charge >= 0.3 is 0 Å². The summed E-state index contributed by atoms with van der Waals surface area (Å²) in [5.41, 5.74) is 2.26. The van der Waals surface area contributed by atoms with Gasteiger partial charge in [-0.15, -0.1) is 0 Å². The third-order valence-corrected chi connectivity index (χ3v) is 5.01. The number of likely N-dealkylation sites (N-methyl/N-ethyl adjacent to an activating group) is 1. The molecule has 0 bridgehead atoms. The standard InChI is InChI=1S/C19H23N7O/c1-3-25-7-9-26(10-8-25)19(27)14-5-4-6-15(11-14)23-17-16-12-22-24(2)18(16)21-13-20-17/h4-6,11-13H,3,7-10H2,1-2H3,(H,20,21,23). The highest BCUT2D eigenvalue weighted by molar-refractivity contribution is 5.96. The van der Waals surface area contributed by atoms with Crippen LogP contribution in [-0.2, 0) is 7.05 Å². The molecular weight excluding hydrogens is 342 g/mol. The number of amides is 1. The van der Waals surface area contributed by atoms with Gasteiger partial charge in [0.25, 0.3) is 5.91 Å². The molecule has 1 fully saturated rings. The Morgan fingerprint density at radius 1 is 1.19 bits per heavy atom. The number of benzene rings is 1. The Balaban J connectivity index is 1.53. The molecule has 1 aromatic carbocycles. The monoisotopic (exact) mass is 365 g/mol. The Labute approximate surface area is 157 Å². The maximum atomic E-state index is 12.9. The second-order valence-electron chi connectivity index (χ2n) is 6.66. The largest absolute Gasteiger partial charge is 0.339 e. The zero-order chi connectivity index (χ0) is 18.8. The van der Waals surface area contributed by atoms with Gasteiger partial charge in [-0.05, 0) is 24.7 Å². The summed E-state index contributed by atoms with van der Waals surface area (Å²) in [6.07, 6.45) is 3.24. The average molecular weight is 365 g/mol. The number of rotatable bonds is 4. The predicted molar refractivity (Wildman–Crippen MR) is 104 cm³/mol. The van der Waals surface area contributed by atoms with Crippen molar-refractivity contribution in [2.24, 2.45) is 7.05 Å². The van der Waals surface area contributed by atoms with Gasteiger partial charge in [0.2, 0.25) is 0 Å². The molecule has 1 aliphatic rings. The average Bonchev–Trinajstić information content (AvgIpc) is 3.10. The number of carbonyl (C=O) groups is 1. The molecule has 1 aliphatic heterocycles. The third-order valence-electron chi connectivity index (χ3n) is 5.01. The van der Waals surface area contributed by atoms with Crippen molar-refractivity contribution in [3.8, 4) is 0 Å². The van der Waals surface area contributed by atoms with Gasteiger partial charge in [0.15, 0.2) is 5.65 Å². The normalized spacial score (nSPS) is 15.3. The number of fused-ring (bicyclic) bond motifs is 1. The van der Waals surface area contributed by atoms with Crippen LogP contribution in [-0.4, -0.2) is 68.2 Å². The molecule has 0 unspecified atom stereocenters. The summed E-state index contributed by atoms with van der Waals surface area (Å²) >= 11 is 0. The number of nitrogens with zero attached hydrogens (tertiary/aromatic N) is 6. The van der Waals surface area contributed by atoms with Crippen LogP contribution in [0.25, 0.3) is 11.0 Å². The second-order valence-corrected chi connectivity index (χ2v) is 6.66. The van der Waals surface area contributed by atoms with Gasteiger partial charge in [-0.1, -0.05) is 13.0 Å². The smallest absolute Gasteiger partial charge is 0.254 e. The molecule has 0 radical (unpaired) electrons. The first-order valence-electron chi connectivity index (χ1n) is 9.17. The van der Waals surface area contributed by atoms with E-state index >= 15 is 0 Å². The van der Waals surface area contributed by atoms with Crippen molar-refractivity contribution in [3.05, 3.63) is 42.4 Å². The number of piperazine rings is 1. The third kappa shape index (κ3) is 3.48. The lowest BCUT2D eigenvalue weighted by atomic mass is 10.1. The Hall–Kier alpha value is -3.00. The van der Waals surface area contributed by atoms with Crippen LogP contribution < -0.4 is 5.32 Å². The minimum absolute atomic E-state index is 0.0728. The predicted octanol–water partition coefficient (Wildman–Crippen LogP) is 1.88. The van der Waals surface area contributed by atoms with Crippen LogP contribution in [0.4, 0.5) is 11.5 Å². The molecule has 0 spiro atoms. The Morgan fingerprint density at radius 2 is 2.00 bits per heavy atom. The van der Waals surface area contributed by atoms with Gasteiger partial charge in [-0.25, -0.2) is 9.97 Å². The van der Waals surface area contributed by atoms with E-state index in [2.05, 4.69) is 32.2 Å². The maximum absolute atomic E-state index is 12.9. The van der Waals surface area contributed by atoms with Crippen molar-refractivity contribution in [2.75, 3.05) is 38.0 Å². The lowest BCUT2D eigenvalue weighted by molar-refractivity contribution is 0.0643. The van der Waals surface area contributed by atoms with Gasteiger partial charge in [0, 0.05) is 44.5 Å². The number of hydrogen-bond donors (Lipinski definition) is 1. The van der Waals surface area contributed by atoms with E-state index < -0.39 is 0 Å². The fourth-order valence-corrected chi connectivity index (χ4v) is 3.38. The molecule has 0 saturated carbocycles. The van der Waals surface area contributed by atoms with Crippen LogP contribution in [0.1, 0.15) is 17.3 Å². The van der Waals surface area contributed by atoms with Crippen molar-refractivity contribution >= 4 is 28.4 Å². The summed E-state index contributed by atoms with van der Waals surface area (Å²) in [6, 6.07) is 7.55. The zero-order valence-corrected chi connectivity index (χ0v) is 15.6. The van der Waals surface area contributed by atoms with E-state index in [0.29, 0.717) is 11.4 Å². The summed E-state index contributed by atoms with van der Waals surface area (Å²) < 4.78 is 1.71. The van der Waals surface area contributed by atoms with E-state index in [1.54, 1.807) is 10.9 Å². The lowest BCUT2D eigenvalue weighted by Gasteiger charge is -2.34. The molecule has 27 heavy (non-hydrogen) atoms. The number of nitrogens with one attached hydrogen (secondary N) is 1. The van der Waals surface area contributed by atoms with E-state index in [9.17, 15) is 4.79 Å². The molecule has 1 saturated heterocycles. The first-order chi connectivity index (χ1) is 13.2. The molecular formula is C19H23N7O. The van der Waals surface area contributed by atoms with Gasteiger partial charge in [-0.2, -0.15) is 5.10 Å². The van der Waals surface area contributed by atoms with E-state index in [4.69, 9.17) is 0 Å². The summed E-state index contributed by atoms with van der Waals surface area (Å²) in [6.45, 7) is 6.58. The number of carbonyl (C=O) groups excluding carboxylic acids is 1. The highest BCUT2D eigenvalue weighted by atomic mass is 16.2. The molecule has 140 valence electrons. The van der Waals surface area contributed by atoms with Gasteiger partial charge in [-0.3, -0.25) is 9.48 Å². The van der Waals surface area contributed by atoms with Crippen LogP contribution in [0.2, 0.25) is 0 Å². The molecule has 8 heteroatoms. The molecule has 1 amide bonds. The van der Waals surface area contributed by atoms with E-state index in [1.807, 2.05) is 36.2 Å². The van der Waals surface area contributed by atoms with Crippen molar-refractivity contribution in [1.82, 2.24) is 29.5 Å². The highest BCUT2D eigenvalue weighted by Crippen LogP contribution is 2.23. The maximum Gasteiger partial charge on any atom is 0.254 e. The number of aromatic nitrogens is 4. The Bertz CT molecular complexity index is 960. The summed E-state index contributed by atoms with van der Waals surface area (Å²) in [4.78, 5) is 25.7. The topological polar surface area (TPSA) is 79.2 Å². The molecule has 3 aromatic rings. The minimum atomic E-state index is 0.0728. The molecule has 8 nitrogen and oxygen atoms in total. The van der Waals surface area contributed by atoms with E-state index in [0.717, 1.165) is 49.4 Å². The molecule has 0 aliphatic carbocycles. The van der Waals surface area contributed by atoms with Crippen LogP contribution >= 0.6 is 0 Å². The Kier molecular flexibility index (Phi) is 4.72. The van der Waals surface area contributed by atoms with Crippen molar-refractivity contribution < 1.29 is 4.79 Å². The Morgan fingerprint density at radius 3 is 2.78 bits per heavy atom. The van der Waals surface area contributed by atoms with Crippen molar-refractivity contribution in [1.29, 1.82) is 0 Å².